The second-order valence-corrected chi connectivity index (χ2v) is 6.82. The van der Waals surface area contributed by atoms with E-state index in [1.54, 1.807) is 0 Å². The van der Waals surface area contributed by atoms with E-state index in [0.717, 1.165) is 25.5 Å². The average molecular weight is 248 g/mol. The molecule has 0 saturated heterocycles. The summed E-state index contributed by atoms with van der Waals surface area (Å²) in [5.41, 5.74) is 0. The van der Waals surface area contributed by atoms with E-state index in [9.17, 15) is 13.2 Å². The molecule has 0 spiro atoms. The summed E-state index contributed by atoms with van der Waals surface area (Å²) in [6.07, 6.45) is 8.19. The maximum Gasteiger partial charge on any atom is 0.157 e. The Balaban J connectivity index is 3.67. The minimum Gasteiger partial charge on any atom is -0.298 e. The van der Waals surface area contributed by atoms with Crippen LogP contribution in [0.4, 0.5) is 0 Å². The maximum absolute atomic E-state index is 11.5. The van der Waals surface area contributed by atoms with Gasteiger partial charge in [0.2, 0.25) is 0 Å². The molecule has 0 bridgehead atoms. The van der Waals surface area contributed by atoms with E-state index in [2.05, 4.69) is 6.92 Å². The fourth-order valence-electron chi connectivity index (χ4n) is 1.52. The van der Waals surface area contributed by atoms with E-state index in [0.29, 0.717) is 6.42 Å². The number of hydrogen-bond acceptors (Lipinski definition) is 3. The lowest BCUT2D eigenvalue weighted by Crippen LogP contribution is -2.25. The summed E-state index contributed by atoms with van der Waals surface area (Å²) in [4.78, 5) is 11.5. The molecule has 0 N–H and O–H groups in total. The Hall–Kier alpha value is -0.380. The van der Waals surface area contributed by atoms with Crippen molar-refractivity contribution in [2.24, 2.45) is 0 Å². The largest absolute Gasteiger partial charge is 0.298 e. The minimum atomic E-state index is -3.20. The molecule has 0 aromatic heterocycles. The van der Waals surface area contributed by atoms with Crippen LogP contribution < -0.4 is 0 Å². The van der Waals surface area contributed by atoms with Crippen molar-refractivity contribution in [3.8, 4) is 0 Å². The van der Waals surface area contributed by atoms with Gasteiger partial charge in [0, 0.05) is 12.7 Å². The Morgan fingerprint density at radius 1 is 1.06 bits per heavy atom. The fourth-order valence-corrected chi connectivity index (χ4v) is 2.12. The van der Waals surface area contributed by atoms with E-state index in [1.165, 1.54) is 26.2 Å². The molecular weight excluding hydrogens is 224 g/mol. The van der Waals surface area contributed by atoms with Gasteiger partial charge in [0.05, 0.1) is 0 Å². The Kier molecular flexibility index (Phi) is 7.64. The van der Waals surface area contributed by atoms with Crippen molar-refractivity contribution in [2.75, 3.05) is 6.26 Å². The van der Waals surface area contributed by atoms with Crippen molar-refractivity contribution in [3.63, 3.8) is 0 Å². The first kappa shape index (κ1) is 15.6. The van der Waals surface area contributed by atoms with Crippen molar-refractivity contribution in [1.29, 1.82) is 0 Å². The Bertz CT molecular complexity index is 293. The molecule has 0 fully saturated rings. The Morgan fingerprint density at radius 2 is 1.56 bits per heavy atom. The zero-order chi connectivity index (χ0) is 12.6. The van der Waals surface area contributed by atoms with Gasteiger partial charge >= 0.3 is 0 Å². The van der Waals surface area contributed by atoms with Crippen molar-refractivity contribution < 1.29 is 13.2 Å². The highest BCUT2D eigenvalue weighted by atomic mass is 32.2. The van der Waals surface area contributed by atoms with E-state index in [1.807, 2.05) is 0 Å². The number of Topliss-reactive ketones (excluding diaryl/α,β-unsaturated/α-hetero) is 1. The van der Waals surface area contributed by atoms with E-state index >= 15 is 0 Å². The van der Waals surface area contributed by atoms with E-state index < -0.39 is 15.1 Å². The first-order valence-corrected chi connectivity index (χ1v) is 8.06. The average Bonchev–Trinajstić information content (AvgIpc) is 2.20. The lowest BCUT2D eigenvalue weighted by atomic mass is 10.1. The van der Waals surface area contributed by atoms with Crippen LogP contribution in [-0.2, 0) is 14.6 Å². The van der Waals surface area contributed by atoms with Crippen molar-refractivity contribution >= 4 is 15.6 Å². The summed E-state index contributed by atoms with van der Waals surface area (Å²) in [6.45, 7) is 3.64. The molecule has 0 aliphatic carbocycles. The summed E-state index contributed by atoms with van der Waals surface area (Å²) in [5, 5.41) is -0.830. The molecule has 1 atom stereocenters. The third kappa shape index (κ3) is 6.99. The van der Waals surface area contributed by atoms with Crippen molar-refractivity contribution in [3.05, 3.63) is 0 Å². The van der Waals surface area contributed by atoms with E-state index in [-0.39, 0.29) is 5.78 Å². The minimum absolute atomic E-state index is 0.141. The molecule has 1 unspecified atom stereocenters. The van der Waals surface area contributed by atoms with Gasteiger partial charge in [-0.3, -0.25) is 4.79 Å². The highest BCUT2D eigenvalue weighted by molar-refractivity contribution is 7.92. The molecule has 0 amide bonds. The van der Waals surface area contributed by atoms with Crippen LogP contribution in [0.1, 0.15) is 58.8 Å². The van der Waals surface area contributed by atoms with Crippen LogP contribution in [-0.4, -0.2) is 25.7 Å². The first-order chi connectivity index (χ1) is 7.39. The quantitative estimate of drug-likeness (QED) is 0.589. The third-order valence-electron chi connectivity index (χ3n) is 2.87. The molecule has 0 radical (unpaired) electrons. The molecule has 0 saturated carbocycles. The summed E-state index contributed by atoms with van der Waals surface area (Å²) in [5.74, 6) is -0.141. The molecule has 96 valence electrons. The highest BCUT2D eigenvalue weighted by Gasteiger charge is 2.22. The van der Waals surface area contributed by atoms with Gasteiger partial charge in [0.25, 0.3) is 0 Å². The zero-order valence-electron chi connectivity index (χ0n) is 10.7. The van der Waals surface area contributed by atoms with E-state index in [4.69, 9.17) is 0 Å². The lowest BCUT2D eigenvalue weighted by molar-refractivity contribution is -0.118. The molecular formula is C12H24O3S. The summed E-state index contributed by atoms with van der Waals surface area (Å²) in [7, 11) is -3.20. The van der Waals surface area contributed by atoms with Gasteiger partial charge in [-0.15, -0.1) is 0 Å². The topological polar surface area (TPSA) is 51.2 Å². The molecule has 0 aliphatic heterocycles. The van der Waals surface area contributed by atoms with Gasteiger partial charge < -0.3 is 0 Å². The van der Waals surface area contributed by atoms with Gasteiger partial charge in [-0.2, -0.15) is 0 Å². The van der Waals surface area contributed by atoms with Crippen LogP contribution >= 0.6 is 0 Å². The summed E-state index contributed by atoms with van der Waals surface area (Å²) >= 11 is 0. The van der Waals surface area contributed by atoms with Gasteiger partial charge in [-0.25, -0.2) is 8.42 Å². The number of unbranched alkanes of at least 4 members (excludes halogenated alkanes) is 5. The first-order valence-electron chi connectivity index (χ1n) is 6.11. The number of sulfone groups is 1. The number of ketones is 1. The van der Waals surface area contributed by atoms with Crippen LogP contribution in [0.3, 0.4) is 0 Å². The molecule has 0 aromatic carbocycles. The van der Waals surface area contributed by atoms with Crippen LogP contribution in [0.5, 0.6) is 0 Å². The van der Waals surface area contributed by atoms with Gasteiger partial charge in [0.1, 0.15) is 5.25 Å². The summed E-state index contributed by atoms with van der Waals surface area (Å²) in [6, 6.07) is 0. The smallest absolute Gasteiger partial charge is 0.157 e. The molecule has 16 heavy (non-hydrogen) atoms. The lowest BCUT2D eigenvalue weighted by Gasteiger charge is -2.07. The third-order valence-corrected chi connectivity index (χ3v) is 4.42. The fraction of sp³-hybridized carbons (Fsp3) is 0.917. The molecule has 0 aromatic rings. The standard InChI is InChI=1S/C12H24O3S/c1-4-5-6-7-8-9-10-12(13)11(2)16(3,14)15/h11H,4-10H2,1-3H3. The monoisotopic (exact) mass is 248 g/mol. The van der Waals surface area contributed by atoms with Crippen molar-refractivity contribution in [2.45, 2.75) is 64.0 Å². The molecule has 0 aliphatic rings. The molecule has 3 nitrogen and oxygen atoms in total. The summed E-state index contributed by atoms with van der Waals surface area (Å²) < 4.78 is 22.3. The van der Waals surface area contributed by atoms with Gasteiger partial charge in [0.15, 0.2) is 15.6 Å². The molecule has 0 rings (SSSR count). The number of hydrogen-bond donors (Lipinski definition) is 0. The predicted molar refractivity (Wildman–Crippen MR) is 67.3 cm³/mol. The van der Waals surface area contributed by atoms with Crippen molar-refractivity contribution in [1.82, 2.24) is 0 Å². The SMILES string of the molecule is CCCCCCCCC(=O)C(C)S(C)(=O)=O. The molecule has 4 heteroatoms. The number of carbonyl (C=O) groups excluding carboxylic acids is 1. The predicted octanol–water partition coefficient (Wildman–Crippen LogP) is 2.74. The Labute approximate surface area is 99.5 Å². The van der Waals surface area contributed by atoms with Crippen LogP contribution in [0.25, 0.3) is 0 Å². The second kappa shape index (κ2) is 7.82. The normalized spacial score (nSPS) is 13.7. The number of rotatable bonds is 9. The van der Waals surface area contributed by atoms with Gasteiger partial charge in [-0.1, -0.05) is 39.0 Å². The Morgan fingerprint density at radius 3 is 2.06 bits per heavy atom. The highest BCUT2D eigenvalue weighted by Crippen LogP contribution is 2.10. The molecule has 0 heterocycles. The number of carbonyl (C=O) groups is 1. The van der Waals surface area contributed by atoms with Gasteiger partial charge in [-0.05, 0) is 13.3 Å². The zero-order valence-corrected chi connectivity index (χ0v) is 11.5. The maximum atomic E-state index is 11.5. The second-order valence-electron chi connectivity index (χ2n) is 4.46. The van der Waals surface area contributed by atoms with Crippen LogP contribution in [0, 0.1) is 0 Å². The van der Waals surface area contributed by atoms with Crippen LogP contribution in [0.15, 0.2) is 0 Å². The van der Waals surface area contributed by atoms with Crippen LogP contribution in [0.2, 0.25) is 0 Å².